The zero-order chi connectivity index (χ0) is 15.4. The van der Waals surface area contributed by atoms with E-state index < -0.39 is 5.97 Å². The van der Waals surface area contributed by atoms with Gasteiger partial charge < -0.3 is 19.8 Å². The SMILES string of the molecule is CN(C)[C@@H]1CN(Cc2ccc(OCC(=O)O)cc2)C[C@H]1O. The highest BCUT2D eigenvalue weighted by molar-refractivity contribution is 5.68. The van der Waals surface area contributed by atoms with E-state index in [4.69, 9.17) is 9.84 Å². The van der Waals surface area contributed by atoms with E-state index in [1.54, 1.807) is 12.1 Å². The molecule has 1 aliphatic rings. The Morgan fingerprint density at radius 2 is 2.00 bits per heavy atom. The number of aliphatic hydroxyl groups is 1. The monoisotopic (exact) mass is 294 g/mol. The number of benzene rings is 1. The predicted octanol–water partition coefficient (Wildman–Crippen LogP) is 0.257. The van der Waals surface area contributed by atoms with Gasteiger partial charge >= 0.3 is 5.97 Å². The fourth-order valence-corrected chi connectivity index (χ4v) is 2.58. The quantitative estimate of drug-likeness (QED) is 0.784. The Morgan fingerprint density at radius 3 is 2.52 bits per heavy atom. The van der Waals surface area contributed by atoms with Crippen LogP contribution in [0, 0.1) is 0 Å². The Labute approximate surface area is 124 Å². The second-order valence-electron chi connectivity index (χ2n) is 5.62. The van der Waals surface area contributed by atoms with Crippen LogP contribution in [0.3, 0.4) is 0 Å². The molecule has 0 unspecified atom stereocenters. The van der Waals surface area contributed by atoms with Crippen LogP contribution < -0.4 is 4.74 Å². The van der Waals surface area contributed by atoms with E-state index in [9.17, 15) is 9.90 Å². The summed E-state index contributed by atoms with van der Waals surface area (Å²) in [6.07, 6.45) is -0.321. The van der Waals surface area contributed by atoms with E-state index >= 15 is 0 Å². The van der Waals surface area contributed by atoms with Crippen LogP contribution in [-0.2, 0) is 11.3 Å². The van der Waals surface area contributed by atoms with Gasteiger partial charge in [-0.2, -0.15) is 0 Å². The third-order valence-corrected chi connectivity index (χ3v) is 3.69. The standard InChI is InChI=1S/C15H22N2O4/c1-16(2)13-8-17(9-14(13)18)7-11-3-5-12(6-4-11)21-10-15(19)20/h3-6,13-14,18H,7-10H2,1-2H3,(H,19,20)/t13-,14-/m1/s1. The fraction of sp³-hybridized carbons (Fsp3) is 0.533. The molecular formula is C15H22N2O4. The van der Waals surface area contributed by atoms with Crippen LogP contribution in [0.1, 0.15) is 5.56 Å². The third-order valence-electron chi connectivity index (χ3n) is 3.69. The number of carbonyl (C=O) groups is 1. The van der Waals surface area contributed by atoms with Crippen molar-refractivity contribution in [2.75, 3.05) is 33.8 Å². The first-order chi connectivity index (χ1) is 9.95. The molecular weight excluding hydrogens is 272 g/mol. The molecule has 0 bridgehead atoms. The summed E-state index contributed by atoms with van der Waals surface area (Å²) in [4.78, 5) is 14.7. The summed E-state index contributed by atoms with van der Waals surface area (Å²) in [5.74, 6) is -0.436. The van der Waals surface area contributed by atoms with Crippen LogP contribution in [0.25, 0.3) is 0 Å². The van der Waals surface area contributed by atoms with Gasteiger partial charge in [0.05, 0.1) is 6.10 Å². The lowest BCUT2D eigenvalue weighted by molar-refractivity contribution is -0.139. The topological polar surface area (TPSA) is 73.2 Å². The van der Waals surface area contributed by atoms with Gasteiger partial charge in [-0.1, -0.05) is 12.1 Å². The van der Waals surface area contributed by atoms with Crippen molar-refractivity contribution in [2.24, 2.45) is 0 Å². The smallest absolute Gasteiger partial charge is 0.341 e. The zero-order valence-electron chi connectivity index (χ0n) is 12.4. The normalized spacial score (nSPS) is 22.7. The Kier molecular flexibility index (Phi) is 5.17. The molecule has 1 saturated heterocycles. The molecule has 1 aromatic rings. The Bertz CT molecular complexity index is 475. The van der Waals surface area contributed by atoms with Gasteiger partial charge in [-0.25, -0.2) is 4.79 Å². The number of carboxylic acid groups (broad SMARTS) is 1. The van der Waals surface area contributed by atoms with Crippen molar-refractivity contribution in [1.82, 2.24) is 9.80 Å². The molecule has 0 amide bonds. The van der Waals surface area contributed by atoms with Gasteiger partial charge in [0.1, 0.15) is 5.75 Å². The minimum absolute atomic E-state index is 0.170. The summed E-state index contributed by atoms with van der Waals surface area (Å²) in [6.45, 7) is 1.94. The maximum absolute atomic E-state index is 10.4. The van der Waals surface area contributed by atoms with Crippen LogP contribution in [0.2, 0.25) is 0 Å². The summed E-state index contributed by atoms with van der Waals surface area (Å²) >= 11 is 0. The van der Waals surface area contributed by atoms with Gasteiger partial charge in [-0.15, -0.1) is 0 Å². The number of hydrogen-bond donors (Lipinski definition) is 2. The molecule has 0 radical (unpaired) electrons. The molecule has 21 heavy (non-hydrogen) atoms. The summed E-state index contributed by atoms with van der Waals surface area (Å²) in [7, 11) is 3.96. The molecule has 6 heteroatoms. The number of aliphatic carboxylic acids is 1. The average molecular weight is 294 g/mol. The number of rotatable bonds is 6. The van der Waals surface area contributed by atoms with Crippen LogP contribution in [0.5, 0.6) is 5.75 Å². The summed E-state index contributed by atoms with van der Waals surface area (Å²) in [5, 5.41) is 18.6. The van der Waals surface area contributed by atoms with Crippen molar-refractivity contribution in [1.29, 1.82) is 0 Å². The second-order valence-corrected chi connectivity index (χ2v) is 5.62. The largest absolute Gasteiger partial charge is 0.482 e. The molecule has 2 atom stereocenters. The lowest BCUT2D eigenvalue weighted by Gasteiger charge is -2.21. The molecule has 0 saturated carbocycles. The molecule has 0 aliphatic carbocycles. The van der Waals surface area contributed by atoms with E-state index in [1.165, 1.54) is 0 Å². The molecule has 6 nitrogen and oxygen atoms in total. The maximum atomic E-state index is 10.4. The Morgan fingerprint density at radius 1 is 1.33 bits per heavy atom. The maximum Gasteiger partial charge on any atom is 0.341 e. The molecule has 116 valence electrons. The van der Waals surface area contributed by atoms with Crippen LogP contribution >= 0.6 is 0 Å². The summed E-state index contributed by atoms with van der Waals surface area (Å²) in [5.41, 5.74) is 1.12. The van der Waals surface area contributed by atoms with Crippen LogP contribution in [0.4, 0.5) is 0 Å². The van der Waals surface area contributed by atoms with Gasteiger partial charge in [0.2, 0.25) is 0 Å². The van der Waals surface area contributed by atoms with Gasteiger partial charge in [-0.3, -0.25) is 4.90 Å². The minimum atomic E-state index is -0.986. The number of nitrogens with zero attached hydrogens (tertiary/aromatic N) is 2. The molecule has 1 fully saturated rings. The Balaban J connectivity index is 1.88. The van der Waals surface area contributed by atoms with Gasteiger partial charge in [-0.05, 0) is 31.8 Å². The number of β-amino-alcohol motifs (C(OH)–C–C–N with tert-alkyl or cyclic N) is 1. The third kappa shape index (κ3) is 4.42. The van der Waals surface area contributed by atoms with E-state index in [0.29, 0.717) is 12.3 Å². The number of likely N-dealkylation sites (tertiary alicyclic amines) is 1. The van der Waals surface area contributed by atoms with Crippen molar-refractivity contribution in [2.45, 2.75) is 18.7 Å². The number of aliphatic hydroxyl groups excluding tert-OH is 1. The average Bonchev–Trinajstić information content (AvgIpc) is 2.79. The molecule has 1 aliphatic heterocycles. The molecule has 0 spiro atoms. The zero-order valence-corrected chi connectivity index (χ0v) is 12.4. The van der Waals surface area contributed by atoms with Gasteiger partial charge in [0, 0.05) is 25.7 Å². The van der Waals surface area contributed by atoms with Gasteiger partial charge in [0.15, 0.2) is 6.61 Å². The molecule has 0 aromatic heterocycles. The van der Waals surface area contributed by atoms with E-state index in [-0.39, 0.29) is 18.8 Å². The van der Waals surface area contributed by atoms with Gasteiger partial charge in [0.25, 0.3) is 0 Å². The van der Waals surface area contributed by atoms with E-state index in [2.05, 4.69) is 4.90 Å². The van der Waals surface area contributed by atoms with Crippen molar-refractivity contribution in [3.8, 4) is 5.75 Å². The van der Waals surface area contributed by atoms with Crippen molar-refractivity contribution in [3.05, 3.63) is 29.8 Å². The van der Waals surface area contributed by atoms with Crippen LogP contribution in [0.15, 0.2) is 24.3 Å². The first kappa shape index (κ1) is 15.8. The molecule has 2 N–H and O–H groups in total. The van der Waals surface area contributed by atoms with Crippen molar-refractivity contribution in [3.63, 3.8) is 0 Å². The number of hydrogen-bond acceptors (Lipinski definition) is 5. The first-order valence-electron chi connectivity index (χ1n) is 6.96. The molecule has 1 heterocycles. The van der Waals surface area contributed by atoms with Crippen LogP contribution in [-0.4, -0.2) is 71.9 Å². The van der Waals surface area contributed by atoms with E-state index in [1.807, 2.05) is 31.1 Å². The highest BCUT2D eigenvalue weighted by Gasteiger charge is 2.32. The van der Waals surface area contributed by atoms with Crippen molar-refractivity contribution < 1.29 is 19.7 Å². The Hall–Kier alpha value is -1.63. The highest BCUT2D eigenvalue weighted by Crippen LogP contribution is 2.19. The number of ether oxygens (including phenoxy) is 1. The summed E-state index contributed by atoms with van der Waals surface area (Å²) < 4.78 is 5.10. The predicted molar refractivity (Wildman–Crippen MR) is 78.3 cm³/mol. The molecule has 2 rings (SSSR count). The first-order valence-corrected chi connectivity index (χ1v) is 6.96. The lowest BCUT2D eigenvalue weighted by atomic mass is 10.2. The van der Waals surface area contributed by atoms with Crippen molar-refractivity contribution >= 4 is 5.97 Å². The fourth-order valence-electron chi connectivity index (χ4n) is 2.58. The summed E-state index contributed by atoms with van der Waals surface area (Å²) in [6, 6.07) is 7.56. The minimum Gasteiger partial charge on any atom is -0.482 e. The highest BCUT2D eigenvalue weighted by atomic mass is 16.5. The second kappa shape index (κ2) is 6.89. The van der Waals surface area contributed by atoms with E-state index in [0.717, 1.165) is 18.7 Å². The molecule has 1 aromatic carbocycles. The lowest BCUT2D eigenvalue weighted by Crippen LogP contribution is -2.37. The number of carboxylic acids is 1. The number of likely N-dealkylation sites (N-methyl/N-ethyl adjacent to an activating group) is 1.